The third kappa shape index (κ3) is 2.22. The Kier molecular flexibility index (Phi) is 3.19. The molecule has 0 saturated carbocycles. The van der Waals surface area contributed by atoms with Crippen molar-refractivity contribution in [3.05, 3.63) is 30.1 Å². The van der Waals surface area contributed by atoms with Gasteiger partial charge in [-0.3, -0.25) is 9.78 Å². The topological polar surface area (TPSA) is 36.4 Å². The van der Waals surface area contributed by atoms with E-state index in [1.54, 1.807) is 12.3 Å². The van der Waals surface area contributed by atoms with Gasteiger partial charge in [-0.2, -0.15) is 0 Å². The average Bonchev–Trinajstić information content (AvgIpc) is 2.75. The minimum absolute atomic E-state index is 0.0303. The van der Waals surface area contributed by atoms with Crippen LogP contribution in [0.5, 0.6) is 0 Å². The fourth-order valence-electron chi connectivity index (χ4n) is 2.03. The smallest absolute Gasteiger partial charge is 0.254 e. The number of rotatable bonds is 2. The van der Waals surface area contributed by atoms with Crippen molar-refractivity contribution in [1.29, 1.82) is 0 Å². The van der Waals surface area contributed by atoms with E-state index < -0.39 is 0 Å². The molecule has 0 spiro atoms. The molecule has 0 aromatic carbocycles. The van der Waals surface area contributed by atoms with Gasteiger partial charge in [0.05, 0.1) is 5.56 Å². The summed E-state index contributed by atoms with van der Waals surface area (Å²) in [5.74, 6) is 0.0303. The largest absolute Gasteiger partial charge is 0.337 e. The van der Waals surface area contributed by atoms with Crippen LogP contribution in [0.2, 0.25) is 0 Å². The van der Waals surface area contributed by atoms with Crippen LogP contribution in [0, 0.1) is 6.07 Å². The molecule has 0 bridgehead atoms. The van der Waals surface area contributed by atoms with Gasteiger partial charge in [-0.1, -0.05) is 0 Å². The molecule has 1 saturated heterocycles. The monoisotopic (exact) mass is 218 g/mol. The maximum atomic E-state index is 12.1. The summed E-state index contributed by atoms with van der Waals surface area (Å²) in [5, 5.41) is 0. The van der Waals surface area contributed by atoms with E-state index in [4.69, 9.17) is 0 Å². The summed E-state index contributed by atoms with van der Waals surface area (Å²) in [5.41, 5.74) is 0.590. The molecule has 1 aromatic rings. The summed E-state index contributed by atoms with van der Waals surface area (Å²) in [6.07, 6.45) is 4.20. The molecule has 4 heteroatoms. The van der Waals surface area contributed by atoms with Gasteiger partial charge in [0.15, 0.2) is 0 Å². The lowest BCUT2D eigenvalue weighted by atomic mass is 10.2. The van der Waals surface area contributed by atoms with Gasteiger partial charge >= 0.3 is 0 Å². The zero-order valence-electron chi connectivity index (χ0n) is 9.68. The van der Waals surface area contributed by atoms with Crippen LogP contribution in [-0.2, 0) is 0 Å². The summed E-state index contributed by atoms with van der Waals surface area (Å²) in [6.45, 7) is 2.01. The van der Waals surface area contributed by atoms with E-state index in [2.05, 4.69) is 23.0 Å². The summed E-state index contributed by atoms with van der Waals surface area (Å²) in [6, 6.07) is 4.89. The van der Waals surface area contributed by atoms with Crippen LogP contribution < -0.4 is 0 Å². The van der Waals surface area contributed by atoms with E-state index in [1.165, 1.54) is 6.20 Å². The minimum atomic E-state index is 0.0303. The van der Waals surface area contributed by atoms with Crippen LogP contribution >= 0.6 is 0 Å². The van der Waals surface area contributed by atoms with Gasteiger partial charge in [-0.05, 0) is 26.1 Å². The van der Waals surface area contributed by atoms with Gasteiger partial charge < -0.3 is 9.80 Å². The lowest BCUT2D eigenvalue weighted by Crippen LogP contribution is -2.38. The highest BCUT2D eigenvalue weighted by Crippen LogP contribution is 2.14. The number of carbonyl (C=O) groups is 1. The maximum Gasteiger partial charge on any atom is 0.254 e. The Morgan fingerprint density at radius 1 is 1.69 bits per heavy atom. The third-order valence-corrected chi connectivity index (χ3v) is 3.09. The molecule has 0 aliphatic carbocycles. The van der Waals surface area contributed by atoms with E-state index in [1.807, 2.05) is 11.9 Å². The molecule has 1 unspecified atom stereocenters. The van der Waals surface area contributed by atoms with Crippen LogP contribution in [0.1, 0.15) is 16.8 Å². The summed E-state index contributed by atoms with van der Waals surface area (Å²) in [4.78, 5) is 20.0. The van der Waals surface area contributed by atoms with Gasteiger partial charge in [0, 0.05) is 38.1 Å². The predicted octanol–water partition coefficient (Wildman–Crippen LogP) is 0.658. The first-order valence-corrected chi connectivity index (χ1v) is 5.46. The Balaban J connectivity index is 2.05. The van der Waals surface area contributed by atoms with Crippen molar-refractivity contribution >= 4 is 5.91 Å². The highest BCUT2D eigenvalue weighted by atomic mass is 16.2. The summed E-state index contributed by atoms with van der Waals surface area (Å²) >= 11 is 0. The number of hydrogen-bond acceptors (Lipinski definition) is 3. The van der Waals surface area contributed by atoms with Crippen molar-refractivity contribution in [2.75, 3.05) is 27.2 Å². The minimum Gasteiger partial charge on any atom is -0.337 e. The fourth-order valence-corrected chi connectivity index (χ4v) is 2.03. The molecule has 1 aliphatic heterocycles. The van der Waals surface area contributed by atoms with E-state index in [0.717, 1.165) is 19.5 Å². The quantitative estimate of drug-likeness (QED) is 0.731. The van der Waals surface area contributed by atoms with Gasteiger partial charge in [0.1, 0.15) is 0 Å². The molecule has 1 aliphatic rings. The number of likely N-dealkylation sites (N-methyl/N-ethyl adjacent to an activating group) is 2. The van der Waals surface area contributed by atoms with E-state index in [0.29, 0.717) is 11.6 Å². The first-order chi connectivity index (χ1) is 7.68. The standard InChI is InChI=1S/C12H16N3O/c1-14-8-5-11(9-14)15(2)12(16)10-3-6-13-7-4-10/h3,6-7,11H,5,8-9H2,1-2H3. The van der Waals surface area contributed by atoms with Gasteiger partial charge in [0.25, 0.3) is 5.91 Å². The van der Waals surface area contributed by atoms with E-state index in [-0.39, 0.29) is 5.91 Å². The van der Waals surface area contributed by atoms with E-state index >= 15 is 0 Å². The Bertz CT molecular complexity index is 366. The van der Waals surface area contributed by atoms with Crippen molar-refractivity contribution in [1.82, 2.24) is 14.8 Å². The van der Waals surface area contributed by atoms with Crippen LogP contribution in [0.3, 0.4) is 0 Å². The maximum absolute atomic E-state index is 12.1. The highest BCUT2D eigenvalue weighted by molar-refractivity contribution is 5.93. The molecule has 1 fully saturated rings. The number of carbonyl (C=O) groups excluding carboxylic acids is 1. The number of amides is 1. The first-order valence-electron chi connectivity index (χ1n) is 5.46. The number of likely N-dealkylation sites (tertiary alicyclic amines) is 1. The molecule has 1 amide bonds. The zero-order valence-corrected chi connectivity index (χ0v) is 9.68. The van der Waals surface area contributed by atoms with Crippen molar-refractivity contribution in [3.63, 3.8) is 0 Å². The van der Waals surface area contributed by atoms with Crippen molar-refractivity contribution in [2.45, 2.75) is 12.5 Å². The molecule has 1 atom stereocenters. The Morgan fingerprint density at radius 3 is 3.06 bits per heavy atom. The molecular weight excluding hydrogens is 202 g/mol. The Morgan fingerprint density at radius 2 is 2.50 bits per heavy atom. The van der Waals surface area contributed by atoms with Crippen LogP contribution in [0.25, 0.3) is 0 Å². The van der Waals surface area contributed by atoms with Crippen LogP contribution in [0.15, 0.2) is 18.5 Å². The molecule has 1 aromatic heterocycles. The number of aromatic nitrogens is 1. The molecule has 2 rings (SSSR count). The van der Waals surface area contributed by atoms with Crippen LogP contribution in [0.4, 0.5) is 0 Å². The third-order valence-electron chi connectivity index (χ3n) is 3.09. The zero-order chi connectivity index (χ0) is 11.5. The number of pyridine rings is 1. The molecule has 16 heavy (non-hydrogen) atoms. The molecule has 0 N–H and O–H groups in total. The first kappa shape index (κ1) is 11.1. The number of nitrogens with zero attached hydrogens (tertiary/aromatic N) is 3. The van der Waals surface area contributed by atoms with Crippen molar-refractivity contribution < 1.29 is 4.79 Å². The number of hydrogen-bond donors (Lipinski definition) is 0. The predicted molar refractivity (Wildman–Crippen MR) is 61.1 cm³/mol. The molecular formula is C12H16N3O. The van der Waals surface area contributed by atoms with Crippen molar-refractivity contribution in [2.24, 2.45) is 0 Å². The lowest BCUT2D eigenvalue weighted by molar-refractivity contribution is 0.0737. The van der Waals surface area contributed by atoms with Gasteiger partial charge in [-0.25, -0.2) is 0 Å². The molecule has 4 nitrogen and oxygen atoms in total. The van der Waals surface area contributed by atoms with Gasteiger partial charge in [0.2, 0.25) is 0 Å². The van der Waals surface area contributed by atoms with Crippen molar-refractivity contribution in [3.8, 4) is 0 Å². The summed E-state index contributed by atoms with van der Waals surface area (Å²) in [7, 11) is 3.94. The molecule has 85 valence electrons. The fraction of sp³-hybridized carbons (Fsp3) is 0.500. The molecule has 1 radical (unpaired) electrons. The second kappa shape index (κ2) is 4.61. The SMILES string of the molecule is CN1CCC(N(C)C(=O)c2[c]cncc2)C1. The van der Waals surface area contributed by atoms with Gasteiger partial charge in [-0.15, -0.1) is 0 Å². The summed E-state index contributed by atoms with van der Waals surface area (Å²) < 4.78 is 0. The Hall–Kier alpha value is -1.42. The molecule has 2 heterocycles. The lowest BCUT2D eigenvalue weighted by Gasteiger charge is -2.24. The normalized spacial score (nSPS) is 21.0. The van der Waals surface area contributed by atoms with Crippen LogP contribution in [-0.4, -0.2) is 53.9 Å². The second-order valence-electron chi connectivity index (χ2n) is 4.27. The Labute approximate surface area is 95.9 Å². The highest BCUT2D eigenvalue weighted by Gasteiger charge is 2.26. The second-order valence-corrected chi connectivity index (χ2v) is 4.27. The average molecular weight is 218 g/mol. The van der Waals surface area contributed by atoms with E-state index in [9.17, 15) is 4.79 Å².